The third-order valence-corrected chi connectivity index (χ3v) is 8.03. The number of nitrogens with one attached hydrogen (secondary N) is 1. The number of rotatable bonds is 9. The summed E-state index contributed by atoms with van der Waals surface area (Å²) in [4.78, 5) is 16.4. The summed E-state index contributed by atoms with van der Waals surface area (Å²) < 4.78 is 54.3. The number of benzene rings is 2. The van der Waals surface area contributed by atoms with Crippen molar-refractivity contribution in [1.29, 1.82) is 0 Å². The minimum Gasteiger partial charge on any atom is -0.497 e. The summed E-state index contributed by atoms with van der Waals surface area (Å²) in [6.07, 6.45) is 0. The number of sulfonamides is 1. The van der Waals surface area contributed by atoms with Crippen LogP contribution in [0.3, 0.4) is 0 Å². The summed E-state index contributed by atoms with van der Waals surface area (Å²) in [5.41, 5.74) is 0.815. The molecule has 3 aromatic rings. The predicted molar refractivity (Wildman–Crippen MR) is 134 cm³/mol. The molecule has 2 aromatic carbocycles. The van der Waals surface area contributed by atoms with E-state index in [1.54, 1.807) is 48.5 Å². The number of likely N-dealkylation sites (N-methyl/N-ethyl adjacent to an activating group) is 1. The average Bonchev–Trinajstić information content (AvgIpc) is 3.31. The van der Waals surface area contributed by atoms with Gasteiger partial charge in [0.05, 0.1) is 14.2 Å². The zero-order valence-corrected chi connectivity index (χ0v) is 21.8. The molecule has 1 saturated heterocycles. The van der Waals surface area contributed by atoms with Crippen molar-refractivity contribution in [1.82, 2.24) is 24.3 Å². The maximum absolute atomic E-state index is 15.5. The number of methoxy groups -OCH3 is 2. The third-order valence-electron chi connectivity index (χ3n) is 6.30. The predicted octanol–water partition coefficient (Wildman–Crippen LogP) is 2.34. The Morgan fingerprint density at radius 1 is 0.946 bits per heavy atom. The Morgan fingerprint density at radius 3 is 1.89 bits per heavy atom. The maximum atomic E-state index is 15.5. The second-order valence-electron chi connectivity index (χ2n) is 8.78. The van der Waals surface area contributed by atoms with Gasteiger partial charge in [0.15, 0.2) is 11.5 Å². The Morgan fingerprint density at radius 2 is 1.43 bits per heavy atom. The van der Waals surface area contributed by atoms with Crippen LogP contribution in [-0.2, 0) is 23.1 Å². The topological polar surface area (TPSA) is 108 Å². The molecule has 37 heavy (non-hydrogen) atoms. The van der Waals surface area contributed by atoms with Crippen LogP contribution < -0.4 is 9.47 Å². The fraction of sp³-hybridized carbons (Fsp3) is 0.360. The standard InChI is InChI=1S/C25H30FN5O5S/c1-29-12-14-30(15-13-29)25(32)23-22(26)24(28-27-23)37(33,34)31(16-18-4-8-20(35-2)9-5-18)17-19-6-10-21(36-3)11-7-19/h4-11H,12-17H2,1-3H3,(H,27,28). The van der Waals surface area contributed by atoms with Crippen molar-refractivity contribution >= 4 is 15.9 Å². The number of carbonyl (C=O) groups excluding carboxylic acids is 1. The highest BCUT2D eigenvalue weighted by Crippen LogP contribution is 2.25. The van der Waals surface area contributed by atoms with Gasteiger partial charge in [-0.15, -0.1) is 0 Å². The molecule has 4 rings (SSSR count). The number of aromatic nitrogens is 2. The molecule has 1 aromatic heterocycles. The van der Waals surface area contributed by atoms with Gasteiger partial charge in [0.25, 0.3) is 15.9 Å². The Balaban J connectivity index is 1.64. The van der Waals surface area contributed by atoms with Crippen LogP contribution in [0.25, 0.3) is 0 Å². The first kappa shape index (κ1) is 26.6. The van der Waals surface area contributed by atoms with Crippen molar-refractivity contribution in [3.8, 4) is 11.5 Å². The van der Waals surface area contributed by atoms with Gasteiger partial charge in [0.1, 0.15) is 11.5 Å². The first-order valence-corrected chi connectivity index (χ1v) is 13.1. The van der Waals surface area contributed by atoms with E-state index in [0.29, 0.717) is 48.8 Å². The molecule has 1 aliphatic heterocycles. The Labute approximate surface area is 215 Å². The molecule has 12 heteroatoms. The van der Waals surface area contributed by atoms with Crippen molar-refractivity contribution in [2.24, 2.45) is 0 Å². The van der Waals surface area contributed by atoms with Crippen LogP contribution in [0.1, 0.15) is 21.6 Å². The summed E-state index contributed by atoms with van der Waals surface area (Å²) in [6.45, 7) is 2.01. The highest BCUT2D eigenvalue weighted by atomic mass is 32.2. The number of H-pyrrole nitrogens is 1. The van der Waals surface area contributed by atoms with E-state index in [9.17, 15) is 13.2 Å². The molecule has 2 heterocycles. The van der Waals surface area contributed by atoms with Crippen LogP contribution in [0, 0.1) is 5.82 Å². The number of nitrogens with zero attached hydrogens (tertiary/aromatic N) is 4. The smallest absolute Gasteiger partial charge is 0.277 e. The van der Waals surface area contributed by atoms with Crippen LogP contribution in [0.15, 0.2) is 53.6 Å². The molecule has 0 atom stereocenters. The fourth-order valence-corrected chi connectivity index (χ4v) is 5.39. The molecule has 1 amide bonds. The van der Waals surface area contributed by atoms with Crippen molar-refractivity contribution in [3.05, 3.63) is 71.2 Å². The number of hydrogen-bond acceptors (Lipinski definition) is 7. The number of halogens is 1. The van der Waals surface area contributed by atoms with E-state index >= 15 is 4.39 Å². The van der Waals surface area contributed by atoms with Crippen LogP contribution in [0.2, 0.25) is 0 Å². The molecule has 0 saturated carbocycles. The van der Waals surface area contributed by atoms with Gasteiger partial charge in [-0.3, -0.25) is 9.89 Å². The highest BCUT2D eigenvalue weighted by Gasteiger charge is 2.35. The Hall–Kier alpha value is -3.48. The average molecular weight is 532 g/mol. The summed E-state index contributed by atoms with van der Waals surface area (Å²) in [5, 5.41) is 5.31. The first-order valence-electron chi connectivity index (χ1n) is 11.7. The van der Waals surface area contributed by atoms with Gasteiger partial charge in [0.2, 0.25) is 5.03 Å². The zero-order valence-electron chi connectivity index (χ0n) is 21.0. The van der Waals surface area contributed by atoms with E-state index in [-0.39, 0.29) is 13.1 Å². The largest absolute Gasteiger partial charge is 0.497 e. The van der Waals surface area contributed by atoms with E-state index < -0.39 is 32.5 Å². The lowest BCUT2D eigenvalue weighted by Crippen LogP contribution is -2.47. The molecule has 10 nitrogen and oxygen atoms in total. The minimum absolute atomic E-state index is 0.0431. The van der Waals surface area contributed by atoms with E-state index in [4.69, 9.17) is 9.47 Å². The first-order chi connectivity index (χ1) is 17.7. The molecule has 0 bridgehead atoms. The second kappa shape index (κ2) is 11.3. The van der Waals surface area contributed by atoms with E-state index in [0.717, 1.165) is 4.31 Å². The van der Waals surface area contributed by atoms with Gasteiger partial charge in [0, 0.05) is 39.3 Å². The van der Waals surface area contributed by atoms with Gasteiger partial charge in [-0.2, -0.15) is 9.40 Å². The number of hydrogen-bond donors (Lipinski definition) is 1. The Kier molecular flexibility index (Phi) is 8.10. The molecule has 198 valence electrons. The summed E-state index contributed by atoms with van der Waals surface area (Å²) >= 11 is 0. The van der Waals surface area contributed by atoms with Crippen molar-refractivity contribution in [2.45, 2.75) is 18.1 Å². The van der Waals surface area contributed by atoms with Crippen molar-refractivity contribution in [2.75, 3.05) is 47.4 Å². The van der Waals surface area contributed by atoms with Crippen LogP contribution in [0.5, 0.6) is 11.5 Å². The lowest BCUT2D eigenvalue weighted by Gasteiger charge is -2.31. The SMILES string of the molecule is COc1ccc(CN(Cc2ccc(OC)cc2)S(=O)(=O)c2[nH]nc(C(=O)N3CCN(C)CC3)c2F)cc1. The summed E-state index contributed by atoms with van der Waals surface area (Å²) in [6, 6.07) is 13.8. The molecule has 0 radical (unpaired) electrons. The van der Waals surface area contributed by atoms with Crippen LogP contribution >= 0.6 is 0 Å². The lowest BCUT2D eigenvalue weighted by molar-refractivity contribution is 0.0653. The quantitative estimate of drug-likeness (QED) is 0.452. The molecule has 1 aliphatic rings. The third kappa shape index (κ3) is 5.92. The van der Waals surface area contributed by atoms with Crippen LogP contribution in [0.4, 0.5) is 4.39 Å². The van der Waals surface area contributed by atoms with Crippen LogP contribution in [-0.4, -0.2) is 86.1 Å². The molecular weight excluding hydrogens is 501 g/mol. The second-order valence-corrected chi connectivity index (χ2v) is 10.7. The van der Waals surface area contributed by atoms with Gasteiger partial charge in [-0.1, -0.05) is 24.3 Å². The number of carbonyl (C=O) groups is 1. The fourth-order valence-electron chi connectivity index (χ4n) is 4.01. The molecule has 0 unspecified atom stereocenters. The van der Waals surface area contributed by atoms with E-state index in [2.05, 4.69) is 15.1 Å². The lowest BCUT2D eigenvalue weighted by atomic mass is 10.2. The number of amides is 1. The molecule has 0 aliphatic carbocycles. The van der Waals surface area contributed by atoms with Crippen molar-refractivity contribution in [3.63, 3.8) is 0 Å². The Bertz CT molecular complexity index is 1270. The van der Waals surface area contributed by atoms with Crippen molar-refractivity contribution < 1.29 is 27.1 Å². The van der Waals surface area contributed by atoms with Gasteiger partial charge in [-0.05, 0) is 42.4 Å². The number of ether oxygens (including phenoxy) is 2. The van der Waals surface area contributed by atoms with Gasteiger partial charge >= 0.3 is 0 Å². The molecular formula is C25H30FN5O5S. The van der Waals surface area contributed by atoms with Gasteiger partial charge in [-0.25, -0.2) is 12.8 Å². The summed E-state index contributed by atoms with van der Waals surface area (Å²) in [7, 11) is 0.598. The molecule has 0 spiro atoms. The molecule has 1 fully saturated rings. The molecule has 1 N–H and O–H groups in total. The van der Waals surface area contributed by atoms with E-state index in [1.165, 1.54) is 19.1 Å². The zero-order chi connectivity index (χ0) is 26.6. The summed E-state index contributed by atoms with van der Waals surface area (Å²) in [5.74, 6) is -0.571. The maximum Gasteiger partial charge on any atom is 0.277 e. The minimum atomic E-state index is -4.41. The van der Waals surface area contributed by atoms with Gasteiger partial charge < -0.3 is 19.3 Å². The monoisotopic (exact) mass is 531 g/mol. The van der Waals surface area contributed by atoms with E-state index in [1.807, 2.05) is 7.05 Å². The number of piperazine rings is 1. The normalized spacial score (nSPS) is 14.7. The highest BCUT2D eigenvalue weighted by molar-refractivity contribution is 7.89. The number of aromatic amines is 1.